The molecule has 0 unspecified atom stereocenters. The van der Waals surface area contributed by atoms with E-state index in [1.165, 1.54) is 5.56 Å². The van der Waals surface area contributed by atoms with Crippen molar-refractivity contribution in [1.82, 2.24) is 9.97 Å². The van der Waals surface area contributed by atoms with E-state index in [1.54, 1.807) is 7.11 Å². The summed E-state index contributed by atoms with van der Waals surface area (Å²) >= 11 is 0. The van der Waals surface area contributed by atoms with Crippen LogP contribution in [0.2, 0.25) is 0 Å². The average Bonchev–Trinajstić information content (AvgIpc) is 3.29. The van der Waals surface area contributed by atoms with Gasteiger partial charge in [0.1, 0.15) is 11.6 Å². The number of aromatic amines is 1. The normalized spacial score (nSPS) is 14.7. The first-order chi connectivity index (χ1) is 15.5. The summed E-state index contributed by atoms with van der Waals surface area (Å²) < 4.78 is 5.26. The Morgan fingerprint density at radius 3 is 2.44 bits per heavy atom. The van der Waals surface area contributed by atoms with E-state index in [0.29, 0.717) is 6.54 Å². The number of imidazole rings is 1. The standard InChI is InChI=1S/C27H27N3O2/c1-27(2)21-15-22-23(29-25(28-22)14-11-18-7-5-4-6-8-18)16-24(21)30(26(27)31)17-19-9-12-20(32-3)13-10-19/h4-10,12-13,15-16H,11,14,17H2,1-3H3,(H,28,29). The van der Waals surface area contributed by atoms with Gasteiger partial charge >= 0.3 is 0 Å². The topological polar surface area (TPSA) is 58.2 Å². The van der Waals surface area contributed by atoms with E-state index < -0.39 is 5.41 Å². The van der Waals surface area contributed by atoms with Crippen molar-refractivity contribution in [2.75, 3.05) is 12.0 Å². The van der Waals surface area contributed by atoms with Crippen LogP contribution in [0.1, 0.15) is 36.4 Å². The Labute approximate surface area is 188 Å². The molecular formula is C27H27N3O2. The van der Waals surface area contributed by atoms with Crippen molar-refractivity contribution in [3.05, 3.63) is 89.2 Å². The third-order valence-electron chi connectivity index (χ3n) is 6.39. The lowest BCUT2D eigenvalue weighted by Gasteiger charge is -2.20. The predicted molar refractivity (Wildman–Crippen MR) is 127 cm³/mol. The smallest absolute Gasteiger partial charge is 0.237 e. The number of ether oxygens (including phenoxy) is 1. The van der Waals surface area contributed by atoms with Crippen LogP contribution in [0, 0.1) is 0 Å². The molecule has 0 bridgehead atoms. The number of aryl methyl sites for hydroxylation is 2. The molecule has 5 nitrogen and oxygen atoms in total. The summed E-state index contributed by atoms with van der Waals surface area (Å²) in [5, 5.41) is 0. The molecule has 1 aliphatic rings. The summed E-state index contributed by atoms with van der Waals surface area (Å²) in [6, 6.07) is 22.5. The molecule has 0 fully saturated rings. The molecule has 1 N–H and O–H groups in total. The van der Waals surface area contributed by atoms with Gasteiger partial charge in [0.15, 0.2) is 0 Å². The lowest BCUT2D eigenvalue weighted by Crippen LogP contribution is -2.35. The SMILES string of the molecule is COc1ccc(CN2C(=O)C(C)(C)c3cc4[nH]c(CCc5ccccc5)nc4cc32)cc1. The van der Waals surface area contributed by atoms with Gasteiger partial charge in [-0.05, 0) is 61.2 Å². The highest BCUT2D eigenvalue weighted by atomic mass is 16.5. The maximum absolute atomic E-state index is 13.3. The van der Waals surface area contributed by atoms with Gasteiger partial charge in [0.25, 0.3) is 0 Å². The highest BCUT2D eigenvalue weighted by molar-refractivity contribution is 6.09. The molecule has 0 atom stereocenters. The van der Waals surface area contributed by atoms with Crippen molar-refractivity contribution < 1.29 is 9.53 Å². The fourth-order valence-electron chi connectivity index (χ4n) is 4.48. The van der Waals surface area contributed by atoms with Crippen molar-refractivity contribution in [3.63, 3.8) is 0 Å². The number of amides is 1. The quantitative estimate of drug-likeness (QED) is 0.463. The summed E-state index contributed by atoms with van der Waals surface area (Å²) in [5.74, 6) is 1.89. The van der Waals surface area contributed by atoms with E-state index in [-0.39, 0.29) is 5.91 Å². The number of nitrogens with one attached hydrogen (secondary N) is 1. The molecule has 5 heteroatoms. The monoisotopic (exact) mass is 425 g/mol. The zero-order valence-electron chi connectivity index (χ0n) is 18.7. The van der Waals surface area contributed by atoms with Gasteiger partial charge in [-0.3, -0.25) is 4.79 Å². The molecule has 32 heavy (non-hydrogen) atoms. The maximum atomic E-state index is 13.3. The Bertz CT molecular complexity index is 1270. The molecule has 2 heterocycles. The average molecular weight is 426 g/mol. The van der Waals surface area contributed by atoms with Crippen molar-refractivity contribution in [2.24, 2.45) is 0 Å². The second-order valence-corrected chi connectivity index (χ2v) is 8.92. The van der Waals surface area contributed by atoms with Crippen LogP contribution in [0.3, 0.4) is 0 Å². The van der Waals surface area contributed by atoms with E-state index in [1.807, 2.05) is 49.1 Å². The number of hydrogen-bond donors (Lipinski definition) is 1. The molecule has 0 saturated carbocycles. The van der Waals surface area contributed by atoms with Crippen LogP contribution in [0.5, 0.6) is 5.75 Å². The van der Waals surface area contributed by atoms with Crippen LogP contribution in [-0.4, -0.2) is 23.0 Å². The number of hydrogen-bond acceptors (Lipinski definition) is 3. The van der Waals surface area contributed by atoms with Crippen LogP contribution in [0.25, 0.3) is 11.0 Å². The molecule has 1 aliphatic heterocycles. The number of carbonyl (C=O) groups excluding carboxylic acids is 1. The van der Waals surface area contributed by atoms with Gasteiger partial charge in [-0.1, -0.05) is 42.5 Å². The van der Waals surface area contributed by atoms with Gasteiger partial charge in [0.05, 0.1) is 35.8 Å². The number of methoxy groups -OCH3 is 1. The summed E-state index contributed by atoms with van der Waals surface area (Å²) in [4.78, 5) is 23.5. The van der Waals surface area contributed by atoms with E-state index in [4.69, 9.17) is 9.72 Å². The number of benzene rings is 3. The van der Waals surface area contributed by atoms with Gasteiger partial charge in [0.2, 0.25) is 5.91 Å². The molecule has 4 aromatic rings. The highest BCUT2D eigenvalue weighted by Crippen LogP contribution is 2.44. The molecule has 0 aliphatic carbocycles. The maximum Gasteiger partial charge on any atom is 0.237 e. The van der Waals surface area contributed by atoms with Crippen LogP contribution < -0.4 is 9.64 Å². The van der Waals surface area contributed by atoms with Gasteiger partial charge < -0.3 is 14.6 Å². The predicted octanol–water partition coefficient (Wildman–Crippen LogP) is 5.18. The van der Waals surface area contributed by atoms with Gasteiger partial charge in [0, 0.05) is 6.42 Å². The zero-order valence-corrected chi connectivity index (χ0v) is 18.7. The minimum absolute atomic E-state index is 0.111. The number of aromatic nitrogens is 2. The van der Waals surface area contributed by atoms with E-state index in [2.05, 4.69) is 41.4 Å². The molecule has 162 valence electrons. The number of carbonyl (C=O) groups is 1. The van der Waals surface area contributed by atoms with E-state index in [0.717, 1.165) is 52.3 Å². The first kappa shape index (κ1) is 20.3. The molecule has 0 radical (unpaired) electrons. The number of fused-ring (bicyclic) bond motifs is 2. The summed E-state index contributed by atoms with van der Waals surface area (Å²) in [5.41, 5.74) is 5.66. The van der Waals surface area contributed by atoms with Gasteiger partial charge in [-0.2, -0.15) is 0 Å². The van der Waals surface area contributed by atoms with Crippen molar-refractivity contribution in [2.45, 2.75) is 38.6 Å². The Morgan fingerprint density at radius 1 is 0.969 bits per heavy atom. The lowest BCUT2D eigenvalue weighted by molar-refractivity contribution is -0.122. The second kappa shape index (κ2) is 7.83. The van der Waals surface area contributed by atoms with E-state index in [9.17, 15) is 4.79 Å². The van der Waals surface area contributed by atoms with Gasteiger partial charge in [-0.15, -0.1) is 0 Å². The Kier molecular flexibility index (Phi) is 4.97. The Balaban J connectivity index is 1.45. The van der Waals surface area contributed by atoms with Crippen LogP contribution in [0.15, 0.2) is 66.7 Å². The zero-order chi connectivity index (χ0) is 22.3. The highest BCUT2D eigenvalue weighted by Gasteiger charge is 2.44. The minimum atomic E-state index is -0.578. The molecule has 1 aromatic heterocycles. The third kappa shape index (κ3) is 3.54. The Hall–Kier alpha value is -3.60. The molecule has 3 aromatic carbocycles. The molecule has 0 saturated heterocycles. The summed E-state index contributed by atoms with van der Waals surface area (Å²) in [6.07, 6.45) is 1.79. The number of H-pyrrole nitrogens is 1. The molecule has 5 rings (SSSR count). The number of anilines is 1. The first-order valence-corrected chi connectivity index (χ1v) is 11.0. The molecular weight excluding hydrogens is 398 g/mol. The second-order valence-electron chi connectivity index (χ2n) is 8.92. The van der Waals surface area contributed by atoms with Crippen molar-refractivity contribution in [3.8, 4) is 5.75 Å². The third-order valence-corrected chi connectivity index (χ3v) is 6.39. The number of nitrogens with zero attached hydrogens (tertiary/aromatic N) is 2. The Morgan fingerprint density at radius 2 is 1.72 bits per heavy atom. The van der Waals surface area contributed by atoms with Crippen LogP contribution in [0.4, 0.5) is 5.69 Å². The first-order valence-electron chi connectivity index (χ1n) is 11.0. The van der Waals surface area contributed by atoms with E-state index >= 15 is 0 Å². The molecule has 0 spiro atoms. The summed E-state index contributed by atoms with van der Waals surface area (Å²) in [6.45, 7) is 4.53. The number of rotatable bonds is 6. The van der Waals surface area contributed by atoms with Crippen molar-refractivity contribution >= 4 is 22.6 Å². The minimum Gasteiger partial charge on any atom is -0.497 e. The lowest BCUT2D eigenvalue weighted by atomic mass is 9.86. The van der Waals surface area contributed by atoms with Gasteiger partial charge in [-0.25, -0.2) is 4.98 Å². The van der Waals surface area contributed by atoms with Crippen molar-refractivity contribution in [1.29, 1.82) is 0 Å². The van der Waals surface area contributed by atoms with Crippen LogP contribution >= 0.6 is 0 Å². The fourth-order valence-corrected chi connectivity index (χ4v) is 4.48. The summed E-state index contributed by atoms with van der Waals surface area (Å²) in [7, 11) is 1.65. The van der Waals surface area contributed by atoms with Crippen LogP contribution in [-0.2, 0) is 29.6 Å². The fraction of sp³-hybridized carbons (Fsp3) is 0.259. The molecule has 1 amide bonds. The largest absolute Gasteiger partial charge is 0.497 e.